The summed E-state index contributed by atoms with van der Waals surface area (Å²) in [4.78, 5) is 10.7. The van der Waals surface area contributed by atoms with Crippen molar-refractivity contribution in [1.82, 2.24) is 0 Å². The van der Waals surface area contributed by atoms with Crippen molar-refractivity contribution >= 4 is 6.29 Å². The first kappa shape index (κ1) is 11.6. The fraction of sp³-hybridized carbons (Fsp3) is 0.417. The highest BCUT2D eigenvalue weighted by Gasteiger charge is 2.04. The van der Waals surface area contributed by atoms with Gasteiger partial charge in [0.25, 0.3) is 0 Å². The molecule has 82 valence electrons. The van der Waals surface area contributed by atoms with Gasteiger partial charge in [-0.25, -0.2) is 0 Å². The van der Waals surface area contributed by atoms with Gasteiger partial charge in [-0.1, -0.05) is 13.3 Å². The van der Waals surface area contributed by atoms with Gasteiger partial charge in [0.05, 0.1) is 19.3 Å². The zero-order valence-electron chi connectivity index (χ0n) is 9.16. The van der Waals surface area contributed by atoms with Crippen LogP contribution < -0.4 is 9.47 Å². The van der Waals surface area contributed by atoms with Gasteiger partial charge in [0, 0.05) is 6.07 Å². The number of methoxy groups -OCH3 is 1. The molecule has 3 nitrogen and oxygen atoms in total. The van der Waals surface area contributed by atoms with Crippen LogP contribution in [0.25, 0.3) is 0 Å². The van der Waals surface area contributed by atoms with Crippen LogP contribution in [0.2, 0.25) is 0 Å². The second-order valence-corrected chi connectivity index (χ2v) is 3.22. The molecule has 0 aliphatic carbocycles. The Morgan fingerprint density at radius 2 is 2.20 bits per heavy atom. The average molecular weight is 208 g/mol. The van der Waals surface area contributed by atoms with E-state index in [0.29, 0.717) is 23.7 Å². The molecule has 3 heteroatoms. The Kier molecular flexibility index (Phi) is 4.68. The highest BCUT2D eigenvalue weighted by atomic mass is 16.5. The Bertz CT molecular complexity index is 321. The summed E-state index contributed by atoms with van der Waals surface area (Å²) in [6.07, 6.45) is 2.84. The van der Waals surface area contributed by atoms with Crippen molar-refractivity contribution in [2.45, 2.75) is 19.8 Å². The molecule has 0 unspecified atom stereocenters. The molecule has 0 fully saturated rings. The first-order valence-corrected chi connectivity index (χ1v) is 5.07. The van der Waals surface area contributed by atoms with Gasteiger partial charge in [-0.2, -0.15) is 0 Å². The molecular weight excluding hydrogens is 192 g/mol. The molecular formula is C12H16O3. The van der Waals surface area contributed by atoms with E-state index in [2.05, 4.69) is 6.92 Å². The van der Waals surface area contributed by atoms with Crippen molar-refractivity contribution in [2.24, 2.45) is 0 Å². The molecule has 0 aliphatic rings. The Morgan fingerprint density at radius 3 is 2.80 bits per heavy atom. The van der Waals surface area contributed by atoms with E-state index in [1.54, 1.807) is 25.3 Å². The number of benzene rings is 1. The number of carbonyl (C=O) groups excluding carboxylic acids is 1. The van der Waals surface area contributed by atoms with Crippen LogP contribution in [0.15, 0.2) is 18.2 Å². The van der Waals surface area contributed by atoms with E-state index in [1.807, 2.05) is 0 Å². The molecule has 0 heterocycles. The minimum Gasteiger partial charge on any atom is -0.497 e. The summed E-state index contributed by atoms with van der Waals surface area (Å²) in [7, 11) is 1.59. The average Bonchev–Trinajstić information content (AvgIpc) is 2.29. The van der Waals surface area contributed by atoms with Crippen molar-refractivity contribution in [3.63, 3.8) is 0 Å². The largest absolute Gasteiger partial charge is 0.497 e. The Hall–Kier alpha value is -1.51. The number of hydrogen-bond acceptors (Lipinski definition) is 3. The van der Waals surface area contributed by atoms with Crippen molar-refractivity contribution in [3.05, 3.63) is 23.8 Å². The van der Waals surface area contributed by atoms with E-state index < -0.39 is 0 Å². The van der Waals surface area contributed by atoms with Gasteiger partial charge < -0.3 is 9.47 Å². The van der Waals surface area contributed by atoms with Gasteiger partial charge in [-0.3, -0.25) is 4.79 Å². The maximum atomic E-state index is 10.7. The van der Waals surface area contributed by atoms with Crippen molar-refractivity contribution in [1.29, 1.82) is 0 Å². The van der Waals surface area contributed by atoms with E-state index in [9.17, 15) is 4.79 Å². The second kappa shape index (κ2) is 6.06. The van der Waals surface area contributed by atoms with Gasteiger partial charge in [-0.05, 0) is 18.6 Å². The Balaban J connectivity index is 2.76. The van der Waals surface area contributed by atoms with E-state index >= 15 is 0 Å². The summed E-state index contributed by atoms with van der Waals surface area (Å²) >= 11 is 0. The molecule has 0 aliphatic heterocycles. The van der Waals surface area contributed by atoms with Crippen LogP contribution in [0.5, 0.6) is 11.5 Å². The standard InChI is InChI=1S/C12H16O3/c1-3-4-7-15-12-8-11(14-2)6-5-10(12)9-13/h5-6,8-9H,3-4,7H2,1-2H3. The van der Waals surface area contributed by atoms with Gasteiger partial charge in [0.1, 0.15) is 11.5 Å². The van der Waals surface area contributed by atoms with E-state index in [1.165, 1.54) is 0 Å². The summed E-state index contributed by atoms with van der Waals surface area (Å²) < 4.78 is 10.6. The molecule has 0 saturated heterocycles. The van der Waals surface area contributed by atoms with Crippen molar-refractivity contribution in [2.75, 3.05) is 13.7 Å². The Labute approximate surface area is 90.0 Å². The predicted molar refractivity (Wildman–Crippen MR) is 58.8 cm³/mol. The number of unbranched alkanes of at least 4 members (excludes halogenated alkanes) is 1. The summed E-state index contributed by atoms with van der Waals surface area (Å²) in [5.74, 6) is 1.30. The molecule has 0 saturated carbocycles. The van der Waals surface area contributed by atoms with Crippen LogP contribution in [0.3, 0.4) is 0 Å². The molecule has 1 aromatic rings. The molecule has 1 aromatic carbocycles. The molecule has 15 heavy (non-hydrogen) atoms. The first-order chi connectivity index (χ1) is 7.31. The topological polar surface area (TPSA) is 35.5 Å². The first-order valence-electron chi connectivity index (χ1n) is 5.07. The van der Waals surface area contributed by atoms with Crippen LogP contribution in [-0.4, -0.2) is 20.0 Å². The highest BCUT2D eigenvalue weighted by molar-refractivity contribution is 5.79. The third kappa shape index (κ3) is 3.27. The highest BCUT2D eigenvalue weighted by Crippen LogP contribution is 2.23. The zero-order chi connectivity index (χ0) is 11.1. The molecule has 0 amide bonds. The minimum absolute atomic E-state index is 0.562. The summed E-state index contributed by atoms with van der Waals surface area (Å²) in [6, 6.07) is 5.18. The third-order valence-corrected chi connectivity index (χ3v) is 2.10. The summed E-state index contributed by atoms with van der Waals surface area (Å²) in [6.45, 7) is 2.72. The van der Waals surface area contributed by atoms with Crippen LogP contribution >= 0.6 is 0 Å². The van der Waals surface area contributed by atoms with E-state index in [-0.39, 0.29) is 0 Å². The third-order valence-electron chi connectivity index (χ3n) is 2.10. The van der Waals surface area contributed by atoms with Crippen molar-refractivity contribution < 1.29 is 14.3 Å². The number of carbonyl (C=O) groups is 1. The summed E-state index contributed by atoms with van der Waals surface area (Å²) in [5, 5.41) is 0. The maximum absolute atomic E-state index is 10.7. The quantitative estimate of drug-likeness (QED) is 0.532. The van der Waals surface area contributed by atoms with E-state index in [4.69, 9.17) is 9.47 Å². The van der Waals surface area contributed by atoms with Gasteiger partial charge in [-0.15, -0.1) is 0 Å². The zero-order valence-corrected chi connectivity index (χ0v) is 9.16. The number of hydrogen-bond donors (Lipinski definition) is 0. The van der Waals surface area contributed by atoms with Crippen LogP contribution in [0, 0.1) is 0 Å². The normalized spacial score (nSPS) is 9.73. The number of ether oxygens (including phenoxy) is 2. The lowest BCUT2D eigenvalue weighted by atomic mass is 10.2. The Morgan fingerprint density at radius 1 is 1.40 bits per heavy atom. The lowest BCUT2D eigenvalue weighted by Crippen LogP contribution is -1.99. The van der Waals surface area contributed by atoms with E-state index in [0.717, 1.165) is 19.1 Å². The van der Waals surface area contributed by atoms with Crippen LogP contribution in [0.4, 0.5) is 0 Å². The molecule has 0 atom stereocenters. The predicted octanol–water partition coefficient (Wildman–Crippen LogP) is 2.69. The lowest BCUT2D eigenvalue weighted by molar-refractivity contribution is 0.111. The summed E-state index contributed by atoms with van der Waals surface area (Å²) in [5.41, 5.74) is 0.562. The monoisotopic (exact) mass is 208 g/mol. The van der Waals surface area contributed by atoms with Gasteiger partial charge in [0.15, 0.2) is 6.29 Å². The van der Waals surface area contributed by atoms with Gasteiger partial charge >= 0.3 is 0 Å². The molecule has 0 spiro atoms. The molecule has 0 bridgehead atoms. The van der Waals surface area contributed by atoms with Crippen LogP contribution in [-0.2, 0) is 0 Å². The second-order valence-electron chi connectivity index (χ2n) is 3.22. The molecule has 0 aromatic heterocycles. The lowest BCUT2D eigenvalue weighted by Gasteiger charge is -2.09. The van der Waals surface area contributed by atoms with Crippen LogP contribution in [0.1, 0.15) is 30.1 Å². The number of rotatable bonds is 6. The SMILES string of the molecule is CCCCOc1cc(OC)ccc1C=O. The molecule has 1 rings (SSSR count). The minimum atomic E-state index is 0.562. The maximum Gasteiger partial charge on any atom is 0.153 e. The number of aldehydes is 1. The van der Waals surface area contributed by atoms with Crippen molar-refractivity contribution in [3.8, 4) is 11.5 Å². The molecule has 0 radical (unpaired) electrons. The molecule has 0 N–H and O–H groups in total. The fourth-order valence-electron chi connectivity index (χ4n) is 1.19. The van der Waals surface area contributed by atoms with Gasteiger partial charge in [0.2, 0.25) is 0 Å². The fourth-order valence-corrected chi connectivity index (χ4v) is 1.19. The smallest absolute Gasteiger partial charge is 0.153 e.